The summed E-state index contributed by atoms with van der Waals surface area (Å²) in [5.74, 6) is 1.88. The normalized spacial score (nSPS) is 35.9. The van der Waals surface area contributed by atoms with Crippen LogP contribution >= 0.6 is 11.8 Å². The Morgan fingerprint density at radius 3 is 2.67 bits per heavy atom. The lowest BCUT2D eigenvalue weighted by Crippen LogP contribution is -2.31. The van der Waals surface area contributed by atoms with Gasteiger partial charge in [-0.05, 0) is 19.3 Å². The number of aliphatic imine (C=N–C) groups is 1. The van der Waals surface area contributed by atoms with Gasteiger partial charge in [-0.3, -0.25) is 4.99 Å². The van der Waals surface area contributed by atoms with Crippen LogP contribution < -0.4 is 0 Å². The lowest BCUT2D eigenvalue weighted by Gasteiger charge is -2.31. The van der Waals surface area contributed by atoms with Crippen LogP contribution in [0.4, 0.5) is 0 Å². The van der Waals surface area contributed by atoms with Crippen LogP contribution in [0.5, 0.6) is 0 Å². The van der Waals surface area contributed by atoms with E-state index in [1.54, 1.807) is 0 Å². The second-order valence-electron chi connectivity index (χ2n) is 4.07. The quantitative estimate of drug-likeness (QED) is 0.644. The minimum Gasteiger partial charge on any atom is -0.292 e. The lowest BCUT2D eigenvalue weighted by molar-refractivity contribution is 0.530. The van der Waals surface area contributed by atoms with Gasteiger partial charge in [0.25, 0.3) is 0 Å². The molecule has 12 heavy (non-hydrogen) atoms. The molecule has 70 valence electrons. The summed E-state index contributed by atoms with van der Waals surface area (Å²) in [4.78, 5) is 4.61. The van der Waals surface area contributed by atoms with Crippen molar-refractivity contribution >= 4 is 18.0 Å². The summed E-state index contributed by atoms with van der Waals surface area (Å²) < 4.78 is 0.311. The first-order valence-electron chi connectivity index (χ1n) is 4.75. The van der Waals surface area contributed by atoms with Crippen molar-refractivity contribution in [2.75, 3.05) is 5.75 Å². The fraction of sp³-hybridized carbons (Fsp3) is 0.900. The highest BCUT2D eigenvalue weighted by Crippen LogP contribution is 2.32. The average molecular weight is 185 g/mol. The third kappa shape index (κ3) is 2.25. The van der Waals surface area contributed by atoms with Crippen LogP contribution in [0.15, 0.2) is 4.99 Å². The molecule has 0 N–H and O–H groups in total. The molecule has 1 heterocycles. The molecule has 0 saturated carbocycles. The molecule has 0 saturated heterocycles. The molecule has 0 radical (unpaired) electrons. The van der Waals surface area contributed by atoms with E-state index in [2.05, 4.69) is 50.7 Å². The molecule has 1 nitrogen and oxygen atoms in total. The Morgan fingerprint density at radius 1 is 1.67 bits per heavy atom. The maximum absolute atomic E-state index is 4.61. The van der Waals surface area contributed by atoms with E-state index in [9.17, 15) is 0 Å². The van der Waals surface area contributed by atoms with E-state index < -0.39 is 0 Å². The second kappa shape index (κ2) is 3.82. The van der Waals surface area contributed by atoms with E-state index in [0.717, 1.165) is 0 Å². The largest absolute Gasteiger partial charge is 0.292 e. The van der Waals surface area contributed by atoms with Crippen molar-refractivity contribution in [3.63, 3.8) is 0 Å². The Morgan fingerprint density at radius 2 is 2.33 bits per heavy atom. The van der Waals surface area contributed by atoms with Gasteiger partial charge in [-0.2, -0.15) is 0 Å². The van der Waals surface area contributed by atoms with Gasteiger partial charge in [0.15, 0.2) is 0 Å². The Bertz CT molecular complexity index is 177. The van der Waals surface area contributed by atoms with Gasteiger partial charge in [0, 0.05) is 16.7 Å². The minimum absolute atomic E-state index is 0.311. The minimum atomic E-state index is 0.311. The Kier molecular flexibility index (Phi) is 3.22. The van der Waals surface area contributed by atoms with E-state index in [1.165, 1.54) is 12.2 Å². The zero-order valence-electron chi connectivity index (χ0n) is 8.50. The molecule has 0 fully saturated rings. The summed E-state index contributed by atoms with van der Waals surface area (Å²) in [5.41, 5.74) is 0. The summed E-state index contributed by atoms with van der Waals surface area (Å²) in [5, 5.41) is 0. The van der Waals surface area contributed by atoms with E-state index in [4.69, 9.17) is 0 Å². The van der Waals surface area contributed by atoms with Gasteiger partial charge in [-0.15, -0.1) is 11.8 Å². The summed E-state index contributed by atoms with van der Waals surface area (Å²) in [6.07, 6.45) is 3.35. The molecule has 0 aromatic carbocycles. The molecule has 2 unspecified atom stereocenters. The van der Waals surface area contributed by atoms with Gasteiger partial charge >= 0.3 is 0 Å². The summed E-state index contributed by atoms with van der Waals surface area (Å²) in [6, 6.07) is 0.551. The average Bonchev–Trinajstić information content (AvgIpc) is 2.05. The fourth-order valence-corrected chi connectivity index (χ4v) is 2.53. The molecule has 1 aliphatic heterocycles. The molecule has 0 aromatic rings. The molecule has 1 aliphatic rings. The first-order chi connectivity index (χ1) is 5.57. The van der Waals surface area contributed by atoms with Crippen LogP contribution in [-0.4, -0.2) is 22.8 Å². The first-order valence-corrected chi connectivity index (χ1v) is 5.74. The van der Waals surface area contributed by atoms with Crippen LogP contribution in [0.1, 0.15) is 34.1 Å². The summed E-state index contributed by atoms with van der Waals surface area (Å²) in [7, 11) is 0. The lowest BCUT2D eigenvalue weighted by atomic mass is 10.1. The molecule has 2 atom stereocenters. The molecule has 0 spiro atoms. The molecule has 0 aliphatic carbocycles. The SMILES string of the molecule is CCC1(C)C=NC(C(C)C)CS1. The zero-order chi connectivity index (χ0) is 9.19. The third-order valence-electron chi connectivity index (χ3n) is 2.59. The monoisotopic (exact) mass is 185 g/mol. The number of hydrogen-bond donors (Lipinski definition) is 0. The predicted octanol–water partition coefficient (Wildman–Crippen LogP) is 3.00. The smallest absolute Gasteiger partial charge is 0.0609 e. The molecule has 0 aromatic heterocycles. The topological polar surface area (TPSA) is 12.4 Å². The molecular weight excluding hydrogens is 166 g/mol. The maximum Gasteiger partial charge on any atom is 0.0609 e. The first kappa shape index (κ1) is 10.1. The van der Waals surface area contributed by atoms with Crippen LogP contribution in [0.25, 0.3) is 0 Å². The van der Waals surface area contributed by atoms with E-state index in [1.807, 2.05) is 0 Å². The third-order valence-corrected chi connectivity index (χ3v) is 4.16. The fourth-order valence-electron chi connectivity index (χ4n) is 1.17. The van der Waals surface area contributed by atoms with Gasteiger partial charge < -0.3 is 0 Å². The van der Waals surface area contributed by atoms with E-state index in [0.29, 0.717) is 16.7 Å². The van der Waals surface area contributed by atoms with Gasteiger partial charge in [0.2, 0.25) is 0 Å². The van der Waals surface area contributed by atoms with Crippen molar-refractivity contribution in [2.45, 2.75) is 44.9 Å². The Labute approximate surface area is 80.0 Å². The highest BCUT2D eigenvalue weighted by Gasteiger charge is 2.27. The molecule has 2 heteroatoms. The maximum atomic E-state index is 4.61. The van der Waals surface area contributed by atoms with Crippen LogP contribution in [0.2, 0.25) is 0 Å². The number of hydrogen-bond acceptors (Lipinski definition) is 2. The van der Waals surface area contributed by atoms with Crippen molar-refractivity contribution in [2.24, 2.45) is 10.9 Å². The predicted molar refractivity (Wildman–Crippen MR) is 58.3 cm³/mol. The Hall–Kier alpha value is 0.0200. The van der Waals surface area contributed by atoms with Gasteiger partial charge in [-0.1, -0.05) is 20.8 Å². The van der Waals surface area contributed by atoms with E-state index >= 15 is 0 Å². The van der Waals surface area contributed by atoms with Gasteiger partial charge in [-0.25, -0.2) is 0 Å². The number of thioether (sulfide) groups is 1. The standard InChI is InChI=1S/C10H19NS/c1-5-10(4)7-11-9(6-12-10)8(2)3/h7-9H,5-6H2,1-4H3. The highest BCUT2D eigenvalue weighted by atomic mass is 32.2. The molecule has 1 rings (SSSR count). The van der Waals surface area contributed by atoms with Crippen molar-refractivity contribution in [1.82, 2.24) is 0 Å². The van der Waals surface area contributed by atoms with Crippen LogP contribution in [0.3, 0.4) is 0 Å². The van der Waals surface area contributed by atoms with Crippen LogP contribution in [0, 0.1) is 5.92 Å². The second-order valence-corrected chi connectivity index (χ2v) is 5.62. The van der Waals surface area contributed by atoms with E-state index in [-0.39, 0.29) is 0 Å². The van der Waals surface area contributed by atoms with Crippen molar-refractivity contribution in [3.8, 4) is 0 Å². The molecule has 0 bridgehead atoms. The van der Waals surface area contributed by atoms with Gasteiger partial charge in [0.1, 0.15) is 0 Å². The van der Waals surface area contributed by atoms with Gasteiger partial charge in [0.05, 0.1) is 6.04 Å². The highest BCUT2D eigenvalue weighted by molar-refractivity contribution is 8.01. The number of nitrogens with zero attached hydrogens (tertiary/aromatic N) is 1. The van der Waals surface area contributed by atoms with Crippen molar-refractivity contribution < 1.29 is 0 Å². The van der Waals surface area contributed by atoms with Crippen molar-refractivity contribution in [1.29, 1.82) is 0 Å². The van der Waals surface area contributed by atoms with Crippen molar-refractivity contribution in [3.05, 3.63) is 0 Å². The van der Waals surface area contributed by atoms with Crippen LogP contribution in [-0.2, 0) is 0 Å². The zero-order valence-corrected chi connectivity index (χ0v) is 9.32. The molecule has 0 amide bonds. The Balaban J connectivity index is 2.58. The molecular formula is C10H19NS. The summed E-state index contributed by atoms with van der Waals surface area (Å²) in [6.45, 7) is 9.00. The number of rotatable bonds is 2. The summed E-state index contributed by atoms with van der Waals surface area (Å²) >= 11 is 2.05.